The number of aromatic nitrogens is 2. The minimum atomic E-state index is -0.894. The first-order chi connectivity index (χ1) is 5.15. The largest absolute Gasteiger partial charge is 0.467 e. The van der Waals surface area contributed by atoms with Crippen LogP contribution in [0.15, 0.2) is 0 Å². The lowest BCUT2D eigenvalue weighted by molar-refractivity contribution is 0.353. The Morgan fingerprint density at radius 1 is 1.18 bits per heavy atom. The maximum atomic E-state index is 12.6. The van der Waals surface area contributed by atoms with Crippen LogP contribution < -0.4 is 4.74 Å². The molecule has 0 radical (unpaired) electrons. The third kappa shape index (κ3) is 1.42. The molecular weight excluding hydrogens is 154 g/mol. The standard InChI is InChI=1S/C6H6F2N2O/c1-3-4(7)9-6(11-2)10-5(3)8/h1-2H3. The first-order valence-electron chi connectivity index (χ1n) is 2.88. The van der Waals surface area contributed by atoms with Crippen LogP contribution in [0.3, 0.4) is 0 Å². The molecule has 0 aliphatic rings. The van der Waals surface area contributed by atoms with Gasteiger partial charge in [-0.05, 0) is 6.92 Å². The summed E-state index contributed by atoms with van der Waals surface area (Å²) in [6.45, 7) is 1.25. The maximum Gasteiger partial charge on any atom is 0.321 e. The normalized spacial score (nSPS) is 9.82. The van der Waals surface area contributed by atoms with E-state index in [9.17, 15) is 8.78 Å². The van der Waals surface area contributed by atoms with Crippen molar-refractivity contribution in [1.82, 2.24) is 9.97 Å². The lowest BCUT2D eigenvalue weighted by Crippen LogP contribution is -2.01. The van der Waals surface area contributed by atoms with Gasteiger partial charge in [0.25, 0.3) is 0 Å². The highest BCUT2D eigenvalue weighted by Gasteiger charge is 2.09. The number of hydrogen-bond acceptors (Lipinski definition) is 3. The average Bonchev–Trinajstić information content (AvgIpc) is 1.99. The van der Waals surface area contributed by atoms with Crippen molar-refractivity contribution in [2.45, 2.75) is 6.92 Å². The first-order valence-corrected chi connectivity index (χ1v) is 2.88. The monoisotopic (exact) mass is 160 g/mol. The first kappa shape index (κ1) is 7.84. The van der Waals surface area contributed by atoms with Crippen molar-refractivity contribution >= 4 is 0 Å². The van der Waals surface area contributed by atoms with Gasteiger partial charge in [-0.15, -0.1) is 0 Å². The number of nitrogens with zero attached hydrogens (tertiary/aromatic N) is 2. The van der Waals surface area contributed by atoms with Crippen LogP contribution in [0.25, 0.3) is 0 Å². The summed E-state index contributed by atoms with van der Waals surface area (Å²) in [6.07, 6.45) is 0. The topological polar surface area (TPSA) is 35.0 Å². The molecule has 3 nitrogen and oxygen atoms in total. The van der Waals surface area contributed by atoms with Gasteiger partial charge >= 0.3 is 6.01 Å². The average molecular weight is 160 g/mol. The van der Waals surface area contributed by atoms with E-state index in [2.05, 4.69) is 14.7 Å². The molecule has 0 spiro atoms. The van der Waals surface area contributed by atoms with E-state index in [1.54, 1.807) is 0 Å². The van der Waals surface area contributed by atoms with Crippen LogP contribution >= 0.6 is 0 Å². The lowest BCUT2D eigenvalue weighted by atomic mass is 10.4. The molecule has 0 bridgehead atoms. The maximum absolute atomic E-state index is 12.6. The SMILES string of the molecule is COc1nc(F)c(C)c(F)n1. The molecule has 5 heteroatoms. The molecule has 11 heavy (non-hydrogen) atoms. The predicted octanol–water partition coefficient (Wildman–Crippen LogP) is 1.07. The quantitative estimate of drug-likeness (QED) is 0.576. The van der Waals surface area contributed by atoms with E-state index in [4.69, 9.17) is 0 Å². The molecular formula is C6H6F2N2O. The molecule has 0 aliphatic carbocycles. The molecule has 0 saturated carbocycles. The van der Waals surface area contributed by atoms with Crippen molar-refractivity contribution in [3.05, 3.63) is 17.5 Å². The van der Waals surface area contributed by atoms with Crippen molar-refractivity contribution in [2.24, 2.45) is 0 Å². The van der Waals surface area contributed by atoms with E-state index in [1.165, 1.54) is 14.0 Å². The van der Waals surface area contributed by atoms with E-state index >= 15 is 0 Å². The highest BCUT2D eigenvalue weighted by Crippen LogP contribution is 2.10. The summed E-state index contributed by atoms with van der Waals surface area (Å²) < 4.78 is 29.5. The number of ether oxygens (including phenoxy) is 1. The minimum Gasteiger partial charge on any atom is -0.467 e. The zero-order chi connectivity index (χ0) is 8.43. The van der Waals surface area contributed by atoms with Gasteiger partial charge in [0.05, 0.1) is 12.7 Å². The Bertz CT molecular complexity index is 254. The van der Waals surface area contributed by atoms with Gasteiger partial charge in [0.1, 0.15) is 0 Å². The summed E-state index contributed by atoms with van der Waals surface area (Å²) >= 11 is 0. The van der Waals surface area contributed by atoms with E-state index in [0.29, 0.717) is 0 Å². The molecule has 0 saturated heterocycles. The highest BCUT2D eigenvalue weighted by atomic mass is 19.1. The molecule has 0 amide bonds. The van der Waals surface area contributed by atoms with Crippen LogP contribution in [0, 0.1) is 18.8 Å². The molecule has 60 valence electrons. The number of halogens is 2. The summed E-state index contributed by atoms with van der Waals surface area (Å²) in [5, 5.41) is 0. The van der Waals surface area contributed by atoms with E-state index in [1.807, 2.05) is 0 Å². The van der Waals surface area contributed by atoms with Gasteiger partial charge in [-0.1, -0.05) is 0 Å². The minimum absolute atomic E-state index is 0.203. The van der Waals surface area contributed by atoms with Gasteiger partial charge in [-0.3, -0.25) is 0 Å². The van der Waals surface area contributed by atoms with Crippen LogP contribution in [0.2, 0.25) is 0 Å². The van der Waals surface area contributed by atoms with Crippen LogP contribution in [-0.2, 0) is 0 Å². The highest BCUT2D eigenvalue weighted by molar-refractivity contribution is 5.09. The van der Waals surface area contributed by atoms with Gasteiger partial charge in [-0.2, -0.15) is 18.7 Å². The van der Waals surface area contributed by atoms with Crippen molar-refractivity contribution in [1.29, 1.82) is 0 Å². The Balaban J connectivity index is 3.21. The van der Waals surface area contributed by atoms with Crippen molar-refractivity contribution in [2.75, 3.05) is 7.11 Å². The van der Waals surface area contributed by atoms with Gasteiger partial charge in [0.2, 0.25) is 11.9 Å². The molecule has 1 aromatic heterocycles. The summed E-state index contributed by atoms with van der Waals surface area (Å²) in [4.78, 5) is 6.42. The summed E-state index contributed by atoms with van der Waals surface area (Å²) in [5.74, 6) is -1.79. The molecule has 0 unspecified atom stereocenters. The Labute approximate surface area is 62.0 Å². The summed E-state index contributed by atoms with van der Waals surface area (Å²) in [6, 6.07) is -0.300. The van der Waals surface area contributed by atoms with Crippen LogP contribution in [0.1, 0.15) is 5.56 Å². The smallest absolute Gasteiger partial charge is 0.321 e. The number of rotatable bonds is 1. The van der Waals surface area contributed by atoms with E-state index in [-0.39, 0.29) is 11.6 Å². The van der Waals surface area contributed by atoms with Crippen LogP contribution in [0.5, 0.6) is 6.01 Å². The Morgan fingerprint density at radius 2 is 1.64 bits per heavy atom. The summed E-state index contributed by atoms with van der Waals surface area (Å²) in [5.41, 5.74) is -0.203. The molecule has 0 aliphatic heterocycles. The van der Waals surface area contributed by atoms with Crippen molar-refractivity contribution in [3.63, 3.8) is 0 Å². The lowest BCUT2D eigenvalue weighted by Gasteiger charge is -1.99. The molecule has 0 fully saturated rings. The zero-order valence-electron chi connectivity index (χ0n) is 6.06. The van der Waals surface area contributed by atoms with Gasteiger partial charge < -0.3 is 4.74 Å². The summed E-state index contributed by atoms with van der Waals surface area (Å²) in [7, 11) is 1.24. The molecule has 1 heterocycles. The predicted molar refractivity (Wildman–Crippen MR) is 33.2 cm³/mol. The molecule has 1 aromatic rings. The Hall–Kier alpha value is -1.26. The van der Waals surface area contributed by atoms with Gasteiger partial charge in [0.15, 0.2) is 0 Å². The Kier molecular flexibility index (Phi) is 1.98. The molecule has 0 N–H and O–H groups in total. The molecule has 0 aromatic carbocycles. The van der Waals surface area contributed by atoms with Crippen molar-refractivity contribution in [3.8, 4) is 6.01 Å². The molecule has 1 rings (SSSR count). The Morgan fingerprint density at radius 3 is 2.00 bits per heavy atom. The van der Waals surface area contributed by atoms with Gasteiger partial charge in [0, 0.05) is 0 Å². The number of methoxy groups -OCH3 is 1. The second-order valence-corrected chi connectivity index (χ2v) is 1.92. The zero-order valence-corrected chi connectivity index (χ0v) is 6.06. The fourth-order valence-electron chi connectivity index (χ4n) is 0.537. The fourth-order valence-corrected chi connectivity index (χ4v) is 0.537. The third-order valence-corrected chi connectivity index (χ3v) is 1.19. The molecule has 0 atom stereocenters. The van der Waals surface area contributed by atoms with Crippen LogP contribution in [0.4, 0.5) is 8.78 Å². The van der Waals surface area contributed by atoms with Crippen molar-refractivity contribution < 1.29 is 13.5 Å². The second-order valence-electron chi connectivity index (χ2n) is 1.92. The second kappa shape index (κ2) is 2.77. The van der Waals surface area contributed by atoms with E-state index in [0.717, 1.165) is 0 Å². The van der Waals surface area contributed by atoms with E-state index < -0.39 is 11.9 Å². The number of hydrogen-bond donors (Lipinski definition) is 0. The third-order valence-electron chi connectivity index (χ3n) is 1.19. The fraction of sp³-hybridized carbons (Fsp3) is 0.333. The van der Waals surface area contributed by atoms with Gasteiger partial charge in [-0.25, -0.2) is 0 Å². The van der Waals surface area contributed by atoms with Crippen LogP contribution in [-0.4, -0.2) is 17.1 Å².